The fraction of sp³-hybridized carbons (Fsp3) is 0.429. The van der Waals surface area contributed by atoms with E-state index in [1.165, 1.54) is 0 Å². The molecule has 2 rings (SSSR count). The van der Waals surface area contributed by atoms with Crippen molar-refractivity contribution < 1.29 is 4.79 Å². The van der Waals surface area contributed by atoms with Gasteiger partial charge in [0.05, 0.1) is 15.2 Å². The summed E-state index contributed by atoms with van der Waals surface area (Å²) in [5, 5.41) is 3.90. The van der Waals surface area contributed by atoms with Crippen LogP contribution in [0, 0.1) is 5.92 Å². The molecule has 1 heterocycles. The van der Waals surface area contributed by atoms with Crippen LogP contribution in [0.2, 0.25) is 0 Å². The van der Waals surface area contributed by atoms with E-state index in [2.05, 4.69) is 26.2 Å². The van der Waals surface area contributed by atoms with Crippen LogP contribution in [0.4, 0.5) is 0 Å². The number of hydrogen-bond acceptors (Lipinski definition) is 4. The van der Waals surface area contributed by atoms with Gasteiger partial charge in [-0.15, -0.1) is 11.3 Å². The van der Waals surface area contributed by atoms with Gasteiger partial charge in [0.2, 0.25) is 5.91 Å². The molecule has 1 aromatic heterocycles. The van der Waals surface area contributed by atoms with Crippen molar-refractivity contribution in [3.8, 4) is 0 Å². The van der Waals surface area contributed by atoms with E-state index < -0.39 is 0 Å². The number of hydrogen-bond donors (Lipinski definition) is 2. The lowest BCUT2D eigenvalue weighted by molar-refractivity contribution is -0.121. The van der Waals surface area contributed by atoms with E-state index in [-0.39, 0.29) is 5.91 Å². The molecule has 0 fully saturated rings. The maximum Gasteiger partial charge on any atom is 0.220 e. The Labute approximate surface area is 130 Å². The Bertz CT molecular complexity index is 599. The minimum atomic E-state index is 0.0609. The Hall–Kier alpha value is -0.980. The molecule has 4 nitrogen and oxygen atoms in total. The van der Waals surface area contributed by atoms with E-state index in [0.717, 1.165) is 19.7 Å². The third kappa shape index (κ3) is 4.26. The SMILES string of the molecule is CC(CN)CNC(=O)CCc1nc2cc(Br)ccc2s1. The van der Waals surface area contributed by atoms with Crippen molar-refractivity contribution in [1.82, 2.24) is 10.3 Å². The van der Waals surface area contributed by atoms with Gasteiger partial charge in [-0.2, -0.15) is 0 Å². The Morgan fingerprint density at radius 1 is 1.55 bits per heavy atom. The normalized spacial score (nSPS) is 12.6. The second-order valence-electron chi connectivity index (χ2n) is 4.86. The molecule has 0 aliphatic carbocycles. The quantitative estimate of drug-likeness (QED) is 0.836. The first kappa shape index (κ1) is 15.4. The van der Waals surface area contributed by atoms with Gasteiger partial charge in [0, 0.05) is 23.9 Å². The minimum Gasteiger partial charge on any atom is -0.356 e. The summed E-state index contributed by atoms with van der Waals surface area (Å²) in [5.74, 6) is 0.379. The molecule has 0 saturated carbocycles. The van der Waals surface area contributed by atoms with Crippen LogP contribution in [0.5, 0.6) is 0 Å². The average molecular weight is 356 g/mol. The van der Waals surface area contributed by atoms with Gasteiger partial charge in [0.15, 0.2) is 0 Å². The molecular weight excluding hydrogens is 338 g/mol. The molecule has 1 atom stereocenters. The summed E-state index contributed by atoms with van der Waals surface area (Å²) >= 11 is 5.08. The molecule has 3 N–H and O–H groups in total. The molecule has 108 valence electrons. The molecule has 0 saturated heterocycles. The largest absolute Gasteiger partial charge is 0.356 e. The molecule has 1 unspecified atom stereocenters. The Morgan fingerprint density at radius 2 is 2.35 bits per heavy atom. The highest BCUT2D eigenvalue weighted by Crippen LogP contribution is 2.25. The van der Waals surface area contributed by atoms with Crippen LogP contribution in [0.1, 0.15) is 18.4 Å². The topological polar surface area (TPSA) is 68.0 Å². The van der Waals surface area contributed by atoms with Gasteiger partial charge in [0.1, 0.15) is 0 Å². The zero-order valence-corrected chi connectivity index (χ0v) is 13.8. The zero-order valence-electron chi connectivity index (χ0n) is 11.4. The van der Waals surface area contributed by atoms with E-state index in [9.17, 15) is 4.79 Å². The molecule has 2 aromatic rings. The van der Waals surface area contributed by atoms with E-state index in [4.69, 9.17) is 5.73 Å². The van der Waals surface area contributed by atoms with Crippen LogP contribution < -0.4 is 11.1 Å². The maximum atomic E-state index is 11.7. The van der Waals surface area contributed by atoms with Crippen LogP contribution in [-0.2, 0) is 11.2 Å². The lowest BCUT2D eigenvalue weighted by Gasteiger charge is -2.09. The van der Waals surface area contributed by atoms with Gasteiger partial charge < -0.3 is 11.1 Å². The van der Waals surface area contributed by atoms with Crippen molar-refractivity contribution in [2.75, 3.05) is 13.1 Å². The van der Waals surface area contributed by atoms with Crippen LogP contribution in [0.25, 0.3) is 10.2 Å². The molecule has 0 aliphatic heterocycles. The molecule has 6 heteroatoms. The summed E-state index contributed by atoms with van der Waals surface area (Å²) < 4.78 is 2.18. The van der Waals surface area contributed by atoms with Crippen LogP contribution in [0.3, 0.4) is 0 Å². The van der Waals surface area contributed by atoms with Gasteiger partial charge in [0.25, 0.3) is 0 Å². The van der Waals surface area contributed by atoms with Crippen molar-refractivity contribution in [3.63, 3.8) is 0 Å². The maximum absolute atomic E-state index is 11.7. The molecule has 20 heavy (non-hydrogen) atoms. The van der Waals surface area contributed by atoms with Crippen molar-refractivity contribution in [2.24, 2.45) is 11.7 Å². The number of benzene rings is 1. The summed E-state index contributed by atoms with van der Waals surface area (Å²) in [7, 11) is 0. The van der Waals surface area contributed by atoms with Gasteiger partial charge in [-0.3, -0.25) is 4.79 Å². The standard InChI is InChI=1S/C14H18BrN3OS/c1-9(7-16)8-17-13(19)4-5-14-18-11-6-10(15)2-3-12(11)20-14/h2-3,6,9H,4-5,7-8,16H2,1H3,(H,17,19). The first-order valence-electron chi connectivity index (χ1n) is 6.60. The van der Waals surface area contributed by atoms with Gasteiger partial charge in [-0.1, -0.05) is 22.9 Å². The minimum absolute atomic E-state index is 0.0609. The fourth-order valence-electron chi connectivity index (χ4n) is 1.74. The van der Waals surface area contributed by atoms with E-state index in [1.807, 2.05) is 25.1 Å². The van der Waals surface area contributed by atoms with Crippen molar-refractivity contribution in [3.05, 3.63) is 27.7 Å². The number of halogens is 1. The Kier molecular flexibility index (Phi) is 5.51. The van der Waals surface area contributed by atoms with E-state index in [1.54, 1.807) is 11.3 Å². The highest BCUT2D eigenvalue weighted by Gasteiger charge is 2.08. The number of nitrogens with one attached hydrogen (secondary N) is 1. The second kappa shape index (κ2) is 7.15. The van der Waals surface area contributed by atoms with Crippen molar-refractivity contribution in [2.45, 2.75) is 19.8 Å². The molecule has 1 amide bonds. The predicted octanol–water partition coefficient (Wildman–Crippen LogP) is 2.70. The number of amides is 1. The monoisotopic (exact) mass is 355 g/mol. The number of rotatable bonds is 6. The third-order valence-electron chi connectivity index (χ3n) is 3.01. The highest BCUT2D eigenvalue weighted by molar-refractivity contribution is 9.10. The summed E-state index contributed by atoms with van der Waals surface area (Å²) in [5.41, 5.74) is 6.50. The summed E-state index contributed by atoms with van der Waals surface area (Å²) in [6, 6.07) is 6.05. The molecular formula is C14H18BrN3OS. The Morgan fingerprint density at radius 3 is 3.10 bits per heavy atom. The molecule has 0 spiro atoms. The van der Waals surface area contributed by atoms with Crippen molar-refractivity contribution in [1.29, 1.82) is 0 Å². The number of nitrogens with two attached hydrogens (primary N) is 1. The third-order valence-corrected chi connectivity index (χ3v) is 4.60. The van der Waals surface area contributed by atoms with Crippen LogP contribution >= 0.6 is 27.3 Å². The van der Waals surface area contributed by atoms with Crippen LogP contribution in [0.15, 0.2) is 22.7 Å². The lowest BCUT2D eigenvalue weighted by atomic mass is 10.2. The number of carbonyl (C=O) groups excluding carboxylic acids is 1. The first-order valence-corrected chi connectivity index (χ1v) is 8.21. The number of carbonyl (C=O) groups is 1. The Balaban J connectivity index is 1.87. The smallest absolute Gasteiger partial charge is 0.220 e. The van der Waals surface area contributed by atoms with E-state index >= 15 is 0 Å². The fourth-order valence-corrected chi connectivity index (χ4v) is 3.03. The van der Waals surface area contributed by atoms with Gasteiger partial charge in [-0.25, -0.2) is 4.98 Å². The molecule has 1 aromatic carbocycles. The van der Waals surface area contributed by atoms with Gasteiger partial charge in [-0.05, 0) is 30.7 Å². The first-order chi connectivity index (χ1) is 9.58. The number of aryl methyl sites for hydroxylation is 1. The summed E-state index contributed by atoms with van der Waals surface area (Å²) in [6.45, 7) is 3.25. The number of thiazole rings is 1. The zero-order chi connectivity index (χ0) is 14.5. The summed E-state index contributed by atoms with van der Waals surface area (Å²) in [4.78, 5) is 16.3. The number of nitrogens with zero attached hydrogens (tertiary/aromatic N) is 1. The molecule has 0 radical (unpaired) electrons. The second-order valence-corrected chi connectivity index (χ2v) is 6.90. The predicted molar refractivity (Wildman–Crippen MR) is 86.9 cm³/mol. The summed E-state index contributed by atoms with van der Waals surface area (Å²) in [6.07, 6.45) is 1.15. The average Bonchev–Trinajstić information content (AvgIpc) is 2.84. The van der Waals surface area contributed by atoms with E-state index in [0.29, 0.717) is 31.8 Å². The molecule has 0 aliphatic rings. The number of fused-ring (bicyclic) bond motifs is 1. The van der Waals surface area contributed by atoms with Crippen molar-refractivity contribution >= 4 is 43.4 Å². The molecule has 0 bridgehead atoms. The lowest BCUT2D eigenvalue weighted by Crippen LogP contribution is -2.31. The highest BCUT2D eigenvalue weighted by atomic mass is 79.9. The van der Waals surface area contributed by atoms with Gasteiger partial charge >= 0.3 is 0 Å². The van der Waals surface area contributed by atoms with Crippen LogP contribution in [-0.4, -0.2) is 24.0 Å². The number of aromatic nitrogens is 1.